The molecular weight excluding hydrogens is 240 g/mol. The minimum absolute atomic E-state index is 0.0786. The van der Waals surface area contributed by atoms with Crippen molar-refractivity contribution in [3.63, 3.8) is 0 Å². The van der Waals surface area contributed by atoms with Crippen LogP contribution in [0.3, 0.4) is 0 Å². The second-order valence-electron chi connectivity index (χ2n) is 3.57. The fraction of sp³-hybridized carbons (Fsp3) is 0. The van der Waals surface area contributed by atoms with Gasteiger partial charge in [0.25, 0.3) is 5.91 Å². The number of rotatable bonds is 2. The summed E-state index contributed by atoms with van der Waals surface area (Å²) in [5.41, 5.74) is -0.592. The molecule has 5 heteroatoms. The Morgan fingerprint density at radius 2 is 1.67 bits per heavy atom. The van der Waals surface area contributed by atoms with Gasteiger partial charge in [0, 0.05) is 0 Å². The van der Waals surface area contributed by atoms with Crippen molar-refractivity contribution in [3.8, 4) is 5.75 Å². The molecule has 0 aliphatic heterocycles. The Hall–Kier alpha value is -2.43. The van der Waals surface area contributed by atoms with E-state index < -0.39 is 28.9 Å². The molecule has 2 aromatic rings. The highest BCUT2D eigenvalue weighted by Crippen LogP contribution is 2.22. The molecule has 0 aliphatic rings. The van der Waals surface area contributed by atoms with E-state index in [9.17, 15) is 18.7 Å². The summed E-state index contributed by atoms with van der Waals surface area (Å²) in [6.45, 7) is 0. The molecule has 0 unspecified atom stereocenters. The van der Waals surface area contributed by atoms with Crippen LogP contribution in [0.4, 0.5) is 14.5 Å². The number of carbonyl (C=O) groups is 1. The van der Waals surface area contributed by atoms with E-state index in [1.54, 1.807) is 0 Å². The number of amides is 1. The van der Waals surface area contributed by atoms with E-state index in [2.05, 4.69) is 5.32 Å². The number of phenols is 1. The summed E-state index contributed by atoms with van der Waals surface area (Å²) in [5, 5.41) is 11.6. The average molecular weight is 249 g/mol. The van der Waals surface area contributed by atoms with Gasteiger partial charge in [-0.3, -0.25) is 4.79 Å². The average Bonchev–Trinajstić information content (AvgIpc) is 2.32. The van der Waals surface area contributed by atoms with Gasteiger partial charge in [0.15, 0.2) is 0 Å². The van der Waals surface area contributed by atoms with E-state index in [0.29, 0.717) is 0 Å². The molecule has 0 heterocycles. The van der Waals surface area contributed by atoms with Crippen LogP contribution in [0.25, 0.3) is 0 Å². The second-order valence-corrected chi connectivity index (χ2v) is 3.57. The first-order valence-corrected chi connectivity index (χ1v) is 5.13. The highest BCUT2D eigenvalue weighted by Gasteiger charge is 2.17. The number of benzene rings is 2. The van der Waals surface area contributed by atoms with Crippen molar-refractivity contribution < 1.29 is 18.7 Å². The van der Waals surface area contributed by atoms with Crippen LogP contribution in [-0.4, -0.2) is 11.0 Å². The first-order valence-electron chi connectivity index (χ1n) is 5.13. The highest BCUT2D eigenvalue weighted by atomic mass is 19.1. The third-order valence-electron chi connectivity index (χ3n) is 2.34. The highest BCUT2D eigenvalue weighted by molar-refractivity contribution is 6.06. The van der Waals surface area contributed by atoms with Crippen molar-refractivity contribution in [2.45, 2.75) is 0 Å². The predicted molar refractivity (Wildman–Crippen MR) is 62.4 cm³/mol. The van der Waals surface area contributed by atoms with Gasteiger partial charge < -0.3 is 10.4 Å². The molecular formula is C13H9F2NO2. The number of hydrogen-bond acceptors (Lipinski definition) is 2. The monoisotopic (exact) mass is 249 g/mol. The van der Waals surface area contributed by atoms with Gasteiger partial charge in [0.2, 0.25) is 0 Å². The number of carbonyl (C=O) groups excluding carboxylic acids is 1. The number of para-hydroxylation sites is 1. The smallest absolute Gasteiger partial charge is 0.262 e. The summed E-state index contributed by atoms with van der Waals surface area (Å²) < 4.78 is 26.7. The number of aromatic hydroxyl groups is 1. The zero-order chi connectivity index (χ0) is 13.1. The van der Waals surface area contributed by atoms with Crippen LogP contribution in [0.5, 0.6) is 5.75 Å². The van der Waals surface area contributed by atoms with E-state index in [1.807, 2.05) is 0 Å². The molecule has 0 spiro atoms. The van der Waals surface area contributed by atoms with Crippen LogP contribution < -0.4 is 5.32 Å². The minimum Gasteiger partial charge on any atom is -0.507 e. The maximum Gasteiger partial charge on any atom is 0.262 e. The van der Waals surface area contributed by atoms with E-state index in [4.69, 9.17) is 0 Å². The molecule has 0 aromatic heterocycles. The van der Waals surface area contributed by atoms with Crippen LogP contribution in [0.2, 0.25) is 0 Å². The molecule has 1 amide bonds. The SMILES string of the molecule is O=C(Nc1ccccc1F)c1c(O)cccc1F. The molecule has 2 N–H and O–H groups in total. The molecule has 0 radical (unpaired) electrons. The van der Waals surface area contributed by atoms with Crippen molar-refractivity contribution in [1.29, 1.82) is 0 Å². The Kier molecular flexibility index (Phi) is 3.23. The first kappa shape index (κ1) is 12.0. The Morgan fingerprint density at radius 3 is 2.33 bits per heavy atom. The van der Waals surface area contributed by atoms with Gasteiger partial charge >= 0.3 is 0 Å². The van der Waals surface area contributed by atoms with Gasteiger partial charge in [-0.1, -0.05) is 18.2 Å². The number of anilines is 1. The van der Waals surface area contributed by atoms with E-state index in [1.165, 1.54) is 30.3 Å². The van der Waals surface area contributed by atoms with Crippen molar-refractivity contribution in [2.24, 2.45) is 0 Å². The lowest BCUT2D eigenvalue weighted by molar-refractivity contribution is 0.102. The van der Waals surface area contributed by atoms with Crippen LogP contribution in [0, 0.1) is 11.6 Å². The third-order valence-corrected chi connectivity index (χ3v) is 2.34. The zero-order valence-corrected chi connectivity index (χ0v) is 9.15. The molecule has 18 heavy (non-hydrogen) atoms. The molecule has 0 atom stereocenters. The van der Waals surface area contributed by atoms with Crippen molar-refractivity contribution in [2.75, 3.05) is 5.32 Å². The quantitative estimate of drug-likeness (QED) is 0.859. The van der Waals surface area contributed by atoms with E-state index >= 15 is 0 Å². The number of halogens is 2. The second kappa shape index (κ2) is 4.83. The predicted octanol–water partition coefficient (Wildman–Crippen LogP) is 2.92. The lowest BCUT2D eigenvalue weighted by Gasteiger charge is -2.08. The van der Waals surface area contributed by atoms with Crippen LogP contribution in [-0.2, 0) is 0 Å². The molecule has 0 aliphatic carbocycles. The topological polar surface area (TPSA) is 49.3 Å². The summed E-state index contributed by atoms with van der Waals surface area (Å²) >= 11 is 0. The Labute approximate surface area is 102 Å². The summed E-state index contributed by atoms with van der Waals surface area (Å²) in [4.78, 5) is 11.7. The Bertz CT molecular complexity index is 579. The molecule has 3 nitrogen and oxygen atoms in total. The lowest BCUT2D eigenvalue weighted by Crippen LogP contribution is -2.14. The maximum atomic E-state index is 13.4. The summed E-state index contributed by atoms with van der Waals surface area (Å²) in [7, 11) is 0. The van der Waals surface area contributed by atoms with Crippen LogP contribution in [0.1, 0.15) is 10.4 Å². The molecule has 92 valence electrons. The summed E-state index contributed by atoms with van der Waals surface area (Å²) in [6, 6.07) is 8.98. The molecule has 0 fully saturated rings. The largest absolute Gasteiger partial charge is 0.507 e. The minimum atomic E-state index is -0.907. The normalized spacial score (nSPS) is 10.1. The van der Waals surface area contributed by atoms with E-state index in [0.717, 1.165) is 12.1 Å². The van der Waals surface area contributed by atoms with Crippen LogP contribution >= 0.6 is 0 Å². The molecule has 2 rings (SSSR count). The van der Waals surface area contributed by atoms with Gasteiger partial charge in [0.1, 0.15) is 22.9 Å². The zero-order valence-electron chi connectivity index (χ0n) is 9.15. The van der Waals surface area contributed by atoms with Gasteiger partial charge in [0.05, 0.1) is 5.69 Å². The van der Waals surface area contributed by atoms with Gasteiger partial charge in [-0.2, -0.15) is 0 Å². The third kappa shape index (κ3) is 2.29. The van der Waals surface area contributed by atoms with E-state index in [-0.39, 0.29) is 5.69 Å². The lowest BCUT2D eigenvalue weighted by atomic mass is 10.1. The molecule has 0 saturated heterocycles. The number of nitrogens with one attached hydrogen (secondary N) is 1. The fourth-order valence-electron chi connectivity index (χ4n) is 1.48. The Balaban J connectivity index is 2.31. The maximum absolute atomic E-state index is 13.4. The number of hydrogen-bond donors (Lipinski definition) is 2. The van der Waals surface area contributed by atoms with Gasteiger partial charge in [-0.15, -0.1) is 0 Å². The standard InChI is InChI=1S/C13H9F2NO2/c14-8-4-1-2-6-10(8)16-13(18)12-9(15)5-3-7-11(12)17/h1-7,17H,(H,16,18). The van der Waals surface area contributed by atoms with Crippen molar-refractivity contribution in [3.05, 3.63) is 59.7 Å². The van der Waals surface area contributed by atoms with Crippen LogP contribution in [0.15, 0.2) is 42.5 Å². The Morgan fingerprint density at radius 1 is 1.00 bits per heavy atom. The first-order chi connectivity index (χ1) is 8.59. The van der Waals surface area contributed by atoms with Crippen molar-refractivity contribution in [1.82, 2.24) is 0 Å². The fourth-order valence-corrected chi connectivity index (χ4v) is 1.48. The van der Waals surface area contributed by atoms with Crippen molar-refractivity contribution >= 4 is 11.6 Å². The van der Waals surface area contributed by atoms with Gasteiger partial charge in [-0.05, 0) is 24.3 Å². The summed E-state index contributed by atoms with van der Waals surface area (Å²) in [6.07, 6.45) is 0. The number of phenolic OH excluding ortho intramolecular Hbond substituents is 1. The molecule has 2 aromatic carbocycles. The van der Waals surface area contributed by atoms with Gasteiger partial charge in [-0.25, -0.2) is 8.78 Å². The molecule has 0 bridgehead atoms. The summed E-state index contributed by atoms with van der Waals surface area (Å²) in [5.74, 6) is -2.91. The molecule has 0 saturated carbocycles.